The molecule has 3 unspecified atom stereocenters. The summed E-state index contributed by atoms with van der Waals surface area (Å²) in [4.78, 5) is 11.9. The molecule has 0 heterocycles. The molecular formula is C18H27NO2. The lowest BCUT2D eigenvalue weighted by Gasteiger charge is -2.38. The smallest absolute Gasteiger partial charge is 0.339 e. The number of benzene rings is 1. The van der Waals surface area contributed by atoms with E-state index in [1.54, 1.807) is 0 Å². The average Bonchev–Trinajstić information content (AvgIpc) is 2.47. The van der Waals surface area contributed by atoms with Gasteiger partial charge in [-0.1, -0.05) is 39.3 Å². The zero-order valence-electron chi connectivity index (χ0n) is 13.6. The van der Waals surface area contributed by atoms with Crippen LogP contribution in [-0.2, 0) is 4.74 Å². The lowest BCUT2D eigenvalue weighted by molar-refractivity contribution is 0.0601. The van der Waals surface area contributed by atoms with Crippen LogP contribution in [-0.4, -0.2) is 19.1 Å². The van der Waals surface area contributed by atoms with Crippen LogP contribution in [0.25, 0.3) is 0 Å². The lowest BCUT2D eigenvalue weighted by Crippen LogP contribution is -2.38. The molecule has 21 heavy (non-hydrogen) atoms. The third-order valence-corrected chi connectivity index (χ3v) is 4.70. The molecule has 1 aromatic rings. The quantitative estimate of drug-likeness (QED) is 0.838. The largest absolute Gasteiger partial charge is 0.465 e. The van der Waals surface area contributed by atoms with Crippen molar-refractivity contribution in [1.29, 1.82) is 0 Å². The molecule has 1 fully saturated rings. The number of hydrogen-bond donors (Lipinski definition) is 1. The molecule has 3 heteroatoms. The first-order valence-corrected chi connectivity index (χ1v) is 7.96. The summed E-state index contributed by atoms with van der Waals surface area (Å²) in [5.74, 6) is 1.78. The molecule has 1 N–H and O–H groups in total. The Balaban J connectivity index is 2.21. The molecule has 0 radical (unpaired) electrons. The van der Waals surface area contributed by atoms with E-state index in [-0.39, 0.29) is 5.97 Å². The maximum atomic E-state index is 11.9. The highest BCUT2D eigenvalue weighted by atomic mass is 16.5. The van der Waals surface area contributed by atoms with Gasteiger partial charge >= 0.3 is 5.97 Å². The van der Waals surface area contributed by atoms with Gasteiger partial charge in [-0.05, 0) is 42.7 Å². The van der Waals surface area contributed by atoms with Crippen LogP contribution in [0.2, 0.25) is 0 Å². The van der Waals surface area contributed by atoms with Crippen LogP contribution >= 0.6 is 0 Å². The van der Waals surface area contributed by atoms with Crippen molar-refractivity contribution < 1.29 is 9.53 Å². The van der Waals surface area contributed by atoms with Gasteiger partial charge in [-0.3, -0.25) is 0 Å². The Kier molecular flexibility index (Phi) is 5.27. The Labute approximate surface area is 128 Å². The van der Waals surface area contributed by atoms with Crippen LogP contribution in [0.3, 0.4) is 0 Å². The monoisotopic (exact) mass is 289 g/mol. The van der Waals surface area contributed by atoms with Crippen molar-refractivity contribution in [2.75, 3.05) is 12.4 Å². The maximum Gasteiger partial charge on any atom is 0.339 e. The van der Waals surface area contributed by atoms with Crippen molar-refractivity contribution in [2.45, 2.75) is 46.1 Å². The molecule has 116 valence electrons. The highest BCUT2D eigenvalue weighted by molar-refractivity contribution is 5.95. The van der Waals surface area contributed by atoms with Crippen LogP contribution in [0, 0.1) is 17.8 Å². The van der Waals surface area contributed by atoms with Crippen molar-refractivity contribution in [3.63, 3.8) is 0 Å². The average molecular weight is 289 g/mol. The number of nitrogens with one attached hydrogen (secondary N) is 1. The first-order chi connectivity index (χ1) is 10.0. The summed E-state index contributed by atoms with van der Waals surface area (Å²) >= 11 is 0. The first kappa shape index (κ1) is 15.9. The summed E-state index contributed by atoms with van der Waals surface area (Å²) in [6, 6.07) is 8.07. The van der Waals surface area contributed by atoms with E-state index in [0.29, 0.717) is 23.4 Å². The van der Waals surface area contributed by atoms with Crippen LogP contribution in [0.15, 0.2) is 24.3 Å². The molecule has 0 aliphatic heterocycles. The van der Waals surface area contributed by atoms with E-state index in [2.05, 4.69) is 26.1 Å². The van der Waals surface area contributed by atoms with Crippen LogP contribution in [0.4, 0.5) is 5.69 Å². The van der Waals surface area contributed by atoms with Crippen LogP contribution in [0.5, 0.6) is 0 Å². The second kappa shape index (κ2) is 6.97. The number of carbonyl (C=O) groups excluding carboxylic acids is 1. The number of para-hydroxylation sites is 1. The Morgan fingerprint density at radius 3 is 2.67 bits per heavy atom. The second-order valence-corrected chi connectivity index (χ2v) is 6.61. The van der Waals surface area contributed by atoms with Crippen LogP contribution in [0.1, 0.15) is 50.4 Å². The number of ether oxygens (including phenoxy) is 1. The highest BCUT2D eigenvalue weighted by Crippen LogP contribution is 2.35. The molecule has 0 aromatic heterocycles. The van der Waals surface area contributed by atoms with Gasteiger partial charge in [0.2, 0.25) is 0 Å². The molecule has 0 saturated heterocycles. The van der Waals surface area contributed by atoms with E-state index < -0.39 is 0 Å². The van der Waals surface area contributed by atoms with E-state index in [0.717, 1.165) is 11.6 Å². The van der Waals surface area contributed by atoms with E-state index in [1.165, 1.54) is 26.4 Å². The predicted molar refractivity (Wildman–Crippen MR) is 86.5 cm³/mol. The molecule has 1 saturated carbocycles. The SMILES string of the molecule is COC(=O)c1ccccc1NC1CC(C)CCC1C(C)C. The molecule has 1 aliphatic carbocycles. The molecule has 1 aromatic carbocycles. The van der Waals surface area contributed by atoms with Crippen molar-refractivity contribution in [3.05, 3.63) is 29.8 Å². The summed E-state index contributed by atoms with van der Waals surface area (Å²) in [6.07, 6.45) is 3.73. The molecule has 1 aliphatic rings. The van der Waals surface area contributed by atoms with E-state index >= 15 is 0 Å². The number of esters is 1. The molecular weight excluding hydrogens is 262 g/mol. The Morgan fingerprint density at radius 2 is 2.00 bits per heavy atom. The molecule has 0 spiro atoms. The fourth-order valence-electron chi connectivity index (χ4n) is 3.46. The van der Waals surface area contributed by atoms with Crippen molar-refractivity contribution in [2.24, 2.45) is 17.8 Å². The number of methoxy groups -OCH3 is 1. The van der Waals surface area contributed by atoms with E-state index in [9.17, 15) is 4.79 Å². The van der Waals surface area contributed by atoms with Crippen molar-refractivity contribution in [1.82, 2.24) is 0 Å². The zero-order valence-corrected chi connectivity index (χ0v) is 13.6. The predicted octanol–water partition coefficient (Wildman–Crippen LogP) is 4.35. The summed E-state index contributed by atoms with van der Waals surface area (Å²) in [6.45, 7) is 6.90. The lowest BCUT2D eigenvalue weighted by atomic mass is 9.74. The van der Waals surface area contributed by atoms with Crippen molar-refractivity contribution >= 4 is 11.7 Å². The zero-order chi connectivity index (χ0) is 15.4. The summed E-state index contributed by atoms with van der Waals surface area (Å²) in [5, 5.41) is 3.63. The van der Waals surface area contributed by atoms with Gasteiger partial charge in [0.25, 0.3) is 0 Å². The molecule has 0 amide bonds. The Hall–Kier alpha value is -1.51. The maximum absolute atomic E-state index is 11.9. The summed E-state index contributed by atoms with van der Waals surface area (Å²) < 4.78 is 4.88. The number of carbonyl (C=O) groups is 1. The molecule has 3 atom stereocenters. The minimum Gasteiger partial charge on any atom is -0.465 e. The van der Waals surface area contributed by atoms with Gasteiger partial charge in [0, 0.05) is 11.7 Å². The Bertz CT molecular complexity index is 484. The van der Waals surface area contributed by atoms with E-state index in [4.69, 9.17) is 4.74 Å². The molecule has 3 nitrogen and oxygen atoms in total. The fraction of sp³-hybridized carbons (Fsp3) is 0.611. The van der Waals surface area contributed by atoms with Gasteiger partial charge in [0.15, 0.2) is 0 Å². The Morgan fingerprint density at radius 1 is 1.29 bits per heavy atom. The standard InChI is InChI=1S/C18H27NO2/c1-12(2)14-10-9-13(3)11-17(14)19-16-8-6-5-7-15(16)18(20)21-4/h5-8,12-14,17,19H,9-11H2,1-4H3. The molecule has 2 rings (SSSR count). The minimum absolute atomic E-state index is 0.275. The summed E-state index contributed by atoms with van der Waals surface area (Å²) in [7, 11) is 1.43. The van der Waals surface area contributed by atoms with Gasteiger partial charge in [0.1, 0.15) is 0 Å². The minimum atomic E-state index is -0.275. The normalized spacial score (nSPS) is 25.7. The topological polar surface area (TPSA) is 38.3 Å². The highest BCUT2D eigenvalue weighted by Gasteiger charge is 2.31. The van der Waals surface area contributed by atoms with Crippen LogP contribution < -0.4 is 5.32 Å². The summed E-state index contributed by atoms with van der Waals surface area (Å²) in [5.41, 5.74) is 1.52. The second-order valence-electron chi connectivity index (χ2n) is 6.61. The first-order valence-electron chi connectivity index (χ1n) is 7.96. The number of rotatable bonds is 4. The fourth-order valence-corrected chi connectivity index (χ4v) is 3.46. The number of anilines is 1. The third-order valence-electron chi connectivity index (χ3n) is 4.70. The van der Waals surface area contributed by atoms with Gasteiger partial charge < -0.3 is 10.1 Å². The number of hydrogen-bond acceptors (Lipinski definition) is 3. The van der Waals surface area contributed by atoms with Gasteiger partial charge in [-0.2, -0.15) is 0 Å². The van der Waals surface area contributed by atoms with Gasteiger partial charge in [-0.15, -0.1) is 0 Å². The molecule has 0 bridgehead atoms. The van der Waals surface area contributed by atoms with Gasteiger partial charge in [-0.25, -0.2) is 4.79 Å². The van der Waals surface area contributed by atoms with E-state index in [1.807, 2.05) is 24.3 Å². The van der Waals surface area contributed by atoms with Crippen molar-refractivity contribution in [3.8, 4) is 0 Å². The van der Waals surface area contributed by atoms with Gasteiger partial charge in [0.05, 0.1) is 12.7 Å². The third kappa shape index (κ3) is 3.78.